The number of unbranched alkanes of at least 4 members (excludes halogenated alkanes) is 17. The van der Waals surface area contributed by atoms with Crippen molar-refractivity contribution in [1.82, 2.24) is 0 Å². The molecular weight excluding hydrogens is 332 g/mol. The van der Waals surface area contributed by atoms with Crippen LogP contribution < -0.4 is 0 Å². The number of carbonyl (C=O) groups excluding carboxylic acids is 1. The summed E-state index contributed by atoms with van der Waals surface area (Å²) in [5.41, 5.74) is 0. The lowest BCUT2D eigenvalue weighted by molar-refractivity contribution is -0.140. The number of rotatable bonds is 19. The van der Waals surface area contributed by atoms with Gasteiger partial charge in [-0.25, -0.2) is 0 Å². The number of methoxy groups -OCH3 is 1. The quantitative estimate of drug-likeness (QED) is 0.164. The molecule has 0 fully saturated rings. The van der Waals surface area contributed by atoms with E-state index < -0.39 is 0 Å². The van der Waals surface area contributed by atoms with E-state index in [2.05, 4.69) is 25.5 Å². The standard InChI is InChI=1S/C19H38O2.C6H14/c1-3-4-5-6-7-8-9-10-11-12-13-14-15-16-17-18-19(20)21-2;1-3-5-6-4-2/h3-18H2,1-2H3;3-6H2,1-2H3. The average molecular weight is 385 g/mol. The zero-order valence-electron chi connectivity index (χ0n) is 19.5. The maximum atomic E-state index is 10.9. The minimum absolute atomic E-state index is 0.0651. The van der Waals surface area contributed by atoms with E-state index in [-0.39, 0.29) is 5.97 Å². The van der Waals surface area contributed by atoms with E-state index in [1.54, 1.807) is 0 Å². The molecule has 0 heterocycles. The first-order valence-corrected chi connectivity index (χ1v) is 12.3. The third-order valence-corrected chi connectivity index (χ3v) is 5.17. The second kappa shape index (κ2) is 27.7. The average Bonchev–Trinajstić information content (AvgIpc) is 2.69. The summed E-state index contributed by atoms with van der Waals surface area (Å²) in [6.45, 7) is 6.74. The first-order chi connectivity index (χ1) is 13.2. The Hall–Kier alpha value is -0.530. The van der Waals surface area contributed by atoms with Gasteiger partial charge >= 0.3 is 5.97 Å². The highest BCUT2D eigenvalue weighted by molar-refractivity contribution is 5.68. The lowest BCUT2D eigenvalue weighted by Crippen LogP contribution is -1.99. The number of hydrogen-bond acceptors (Lipinski definition) is 2. The Morgan fingerprint density at radius 2 is 0.741 bits per heavy atom. The van der Waals surface area contributed by atoms with Crippen molar-refractivity contribution in [2.45, 2.75) is 149 Å². The van der Waals surface area contributed by atoms with Crippen molar-refractivity contribution >= 4 is 5.97 Å². The van der Waals surface area contributed by atoms with Gasteiger partial charge in [-0.3, -0.25) is 4.79 Å². The summed E-state index contributed by atoms with van der Waals surface area (Å²) in [5, 5.41) is 0. The van der Waals surface area contributed by atoms with E-state index in [1.807, 2.05) is 0 Å². The third-order valence-electron chi connectivity index (χ3n) is 5.17. The smallest absolute Gasteiger partial charge is 0.305 e. The largest absolute Gasteiger partial charge is 0.469 e. The Balaban J connectivity index is 0. The van der Waals surface area contributed by atoms with Gasteiger partial charge in [0, 0.05) is 6.42 Å². The van der Waals surface area contributed by atoms with E-state index in [4.69, 9.17) is 0 Å². The molecule has 0 amide bonds. The lowest BCUT2D eigenvalue weighted by atomic mass is 10.0. The van der Waals surface area contributed by atoms with Crippen LogP contribution in [0, 0.1) is 0 Å². The van der Waals surface area contributed by atoms with Gasteiger partial charge in [0.05, 0.1) is 7.11 Å². The number of esters is 1. The van der Waals surface area contributed by atoms with Gasteiger partial charge in [0.2, 0.25) is 0 Å². The zero-order chi connectivity index (χ0) is 20.4. The van der Waals surface area contributed by atoms with Gasteiger partial charge in [0.15, 0.2) is 0 Å². The third kappa shape index (κ3) is 30.4. The number of hydrogen-bond donors (Lipinski definition) is 0. The van der Waals surface area contributed by atoms with Crippen molar-refractivity contribution in [2.24, 2.45) is 0 Å². The molecular formula is C25H52O2. The van der Waals surface area contributed by atoms with Gasteiger partial charge in [0.25, 0.3) is 0 Å². The van der Waals surface area contributed by atoms with Crippen molar-refractivity contribution in [3.8, 4) is 0 Å². The summed E-state index contributed by atoms with van der Waals surface area (Å²) in [6.07, 6.45) is 26.5. The summed E-state index contributed by atoms with van der Waals surface area (Å²) in [5.74, 6) is -0.0651. The molecule has 0 aromatic heterocycles. The molecule has 0 spiro atoms. The Labute approximate surface area is 172 Å². The lowest BCUT2D eigenvalue weighted by Gasteiger charge is -2.03. The highest BCUT2D eigenvalue weighted by Crippen LogP contribution is 2.13. The summed E-state index contributed by atoms with van der Waals surface area (Å²) < 4.78 is 4.63. The number of ether oxygens (including phenoxy) is 1. The van der Waals surface area contributed by atoms with Crippen LogP contribution in [0.5, 0.6) is 0 Å². The fraction of sp³-hybridized carbons (Fsp3) is 0.960. The molecule has 0 unspecified atom stereocenters. The molecule has 27 heavy (non-hydrogen) atoms. The molecule has 2 nitrogen and oxygen atoms in total. The van der Waals surface area contributed by atoms with Crippen LogP contribution in [0.4, 0.5) is 0 Å². The predicted molar refractivity (Wildman–Crippen MR) is 121 cm³/mol. The summed E-state index contributed by atoms with van der Waals surface area (Å²) in [4.78, 5) is 10.9. The van der Waals surface area contributed by atoms with E-state index in [1.165, 1.54) is 123 Å². The van der Waals surface area contributed by atoms with Gasteiger partial charge in [-0.2, -0.15) is 0 Å². The van der Waals surface area contributed by atoms with Gasteiger partial charge < -0.3 is 4.74 Å². The second-order valence-electron chi connectivity index (χ2n) is 7.98. The van der Waals surface area contributed by atoms with Crippen LogP contribution in [0.15, 0.2) is 0 Å². The van der Waals surface area contributed by atoms with Gasteiger partial charge in [-0.15, -0.1) is 0 Å². The van der Waals surface area contributed by atoms with E-state index in [0.29, 0.717) is 6.42 Å². The predicted octanol–water partition coefficient (Wildman–Crippen LogP) is 9.01. The van der Waals surface area contributed by atoms with E-state index in [9.17, 15) is 4.79 Å². The first-order valence-electron chi connectivity index (χ1n) is 12.3. The Morgan fingerprint density at radius 3 is 1.04 bits per heavy atom. The molecule has 0 aliphatic carbocycles. The summed E-state index contributed by atoms with van der Waals surface area (Å²) in [6, 6.07) is 0. The Bertz CT molecular complexity index is 259. The van der Waals surface area contributed by atoms with Crippen LogP contribution in [-0.2, 0) is 9.53 Å². The fourth-order valence-corrected chi connectivity index (χ4v) is 3.24. The van der Waals surface area contributed by atoms with Crippen LogP contribution in [0.3, 0.4) is 0 Å². The van der Waals surface area contributed by atoms with E-state index >= 15 is 0 Å². The van der Waals surface area contributed by atoms with Gasteiger partial charge in [-0.1, -0.05) is 136 Å². The second-order valence-corrected chi connectivity index (χ2v) is 7.98. The molecule has 0 aliphatic rings. The fourth-order valence-electron chi connectivity index (χ4n) is 3.24. The van der Waals surface area contributed by atoms with Crippen LogP contribution in [0.2, 0.25) is 0 Å². The molecule has 0 atom stereocenters. The molecule has 0 bridgehead atoms. The van der Waals surface area contributed by atoms with Crippen molar-refractivity contribution in [3.63, 3.8) is 0 Å². The minimum atomic E-state index is -0.0651. The van der Waals surface area contributed by atoms with Crippen LogP contribution in [0.1, 0.15) is 149 Å². The highest BCUT2D eigenvalue weighted by Gasteiger charge is 1.99. The topological polar surface area (TPSA) is 26.3 Å². The Kier molecular flexibility index (Phi) is 29.4. The Morgan fingerprint density at radius 1 is 0.481 bits per heavy atom. The van der Waals surface area contributed by atoms with Gasteiger partial charge in [0.1, 0.15) is 0 Å². The molecule has 0 N–H and O–H groups in total. The highest BCUT2D eigenvalue weighted by atomic mass is 16.5. The molecule has 0 saturated heterocycles. The van der Waals surface area contributed by atoms with Crippen molar-refractivity contribution in [1.29, 1.82) is 0 Å². The molecule has 0 rings (SSSR count). The molecule has 0 radical (unpaired) electrons. The zero-order valence-corrected chi connectivity index (χ0v) is 19.5. The summed E-state index contributed by atoms with van der Waals surface area (Å²) in [7, 11) is 1.47. The maximum absolute atomic E-state index is 10.9. The SMILES string of the molecule is CCCCCC.CCCCCCCCCCCCCCCCCC(=O)OC. The first kappa shape index (κ1) is 28.7. The minimum Gasteiger partial charge on any atom is -0.469 e. The van der Waals surface area contributed by atoms with Crippen LogP contribution >= 0.6 is 0 Å². The molecule has 2 heteroatoms. The molecule has 0 aromatic rings. The van der Waals surface area contributed by atoms with Crippen molar-refractivity contribution in [2.75, 3.05) is 7.11 Å². The monoisotopic (exact) mass is 384 g/mol. The van der Waals surface area contributed by atoms with Crippen LogP contribution in [-0.4, -0.2) is 13.1 Å². The number of carbonyl (C=O) groups is 1. The van der Waals surface area contributed by atoms with E-state index in [0.717, 1.165) is 6.42 Å². The van der Waals surface area contributed by atoms with Gasteiger partial charge in [-0.05, 0) is 6.42 Å². The molecule has 0 saturated carbocycles. The summed E-state index contributed by atoms with van der Waals surface area (Å²) >= 11 is 0. The molecule has 0 aromatic carbocycles. The molecule has 164 valence electrons. The van der Waals surface area contributed by atoms with Crippen molar-refractivity contribution < 1.29 is 9.53 Å². The normalized spacial score (nSPS) is 10.4. The maximum Gasteiger partial charge on any atom is 0.305 e. The van der Waals surface area contributed by atoms with Crippen molar-refractivity contribution in [3.05, 3.63) is 0 Å². The van der Waals surface area contributed by atoms with Crippen LogP contribution in [0.25, 0.3) is 0 Å². The molecule has 0 aliphatic heterocycles.